The molecule has 6 aromatic heterocycles. The van der Waals surface area contributed by atoms with Gasteiger partial charge in [-0.2, -0.15) is 0 Å². The van der Waals surface area contributed by atoms with Crippen molar-refractivity contribution in [1.82, 2.24) is 44.9 Å². The van der Waals surface area contributed by atoms with Crippen molar-refractivity contribution >= 4 is 198 Å². The first kappa shape index (κ1) is 71.6. The van der Waals surface area contributed by atoms with Crippen molar-refractivity contribution in [2.24, 2.45) is 0 Å². The molecule has 6 heterocycles. The number of benzene rings is 24. The van der Waals surface area contributed by atoms with E-state index in [-0.39, 0.29) is 61.7 Å². The van der Waals surface area contributed by atoms with Crippen LogP contribution in [-0.4, -0.2) is 88.4 Å². The maximum absolute atomic E-state index is 9.30. The van der Waals surface area contributed by atoms with Crippen molar-refractivity contribution in [3.05, 3.63) is 491 Å². The fraction of sp³-hybridized carbons (Fsp3) is 0. The minimum absolute atomic E-state index is 0.0302. The Morgan fingerprint density at radius 2 is 0.449 bits per heavy atom. The van der Waals surface area contributed by atoms with Crippen LogP contribution >= 0.6 is 0 Å². The molecular formula is C135H81N9Se3. The molecule has 0 spiro atoms. The zero-order chi connectivity index (χ0) is 111. The molecule has 147 heavy (non-hydrogen) atoms. The topological polar surface area (TPSA) is 116 Å². The zero-order valence-corrected chi connectivity index (χ0v) is 82.9. The van der Waals surface area contributed by atoms with Crippen LogP contribution in [-0.2, 0) is 0 Å². The Morgan fingerprint density at radius 3 is 0.946 bits per heavy atom. The quantitative estimate of drug-likeness (QED) is 0.0871. The summed E-state index contributed by atoms with van der Waals surface area (Å²) in [7, 11) is 0. The first-order chi connectivity index (χ1) is 79.5. The van der Waals surface area contributed by atoms with Crippen LogP contribution in [0.4, 0.5) is 0 Å². The molecule has 0 unspecified atom stereocenters. The van der Waals surface area contributed by atoms with Crippen LogP contribution in [0, 0.1) is 0 Å². The maximum atomic E-state index is 9.30. The third-order valence-electron chi connectivity index (χ3n) is 27.5. The molecule has 0 amide bonds. The number of hydrogen-bond donors (Lipinski definition) is 0. The van der Waals surface area contributed by atoms with Gasteiger partial charge < -0.3 is 0 Å². The summed E-state index contributed by atoms with van der Waals surface area (Å²) < 4.78 is 146. The second kappa shape index (κ2) is 36.9. The molecule has 12 heteroatoms. The normalized spacial score (nSPS) is 13.2. The molecular weight excluding hydrogens is 1980 g/mol. The predicted molar refractivity (Wildman–Crippen MR) is 618 cm³/mol. The first-order valence-corrected chi connectivity index (χ1v) is 53.2. The van der Waals surface area contributed by atoms with Gasteiger partial charge in [-0.05, 0) is 26.9 Å². The zero-order valence-electron chi connectivity index (χ0n) is 93.8. The summed E-state index contributed by atoms with van der Waals surface area (Å²) in [5.74, 6) is 2.55. The number of rotatable bonds is 12. The van der Waals surface area contributed by atoms with E-state index >= 15 is 0 Å². The van der Waals surface area contributed by atoms with Gasteiger partial charge in [0, 0.05) is 0 Å². The van der Waals surface area contributed by atoms with Crippen LogP contribution in [0.15, 0.2) is 491 Å². The summed E-state index contributed by atoms with van der Waals surface area (Å²) in [6.07, 6.45) is 0. The Labute approximate surface area is 885 Å². The average Bonchev–Trinajstić information content (AvgIpc) is 1.55. The second-order valence-corrected chi connectivity index (χ2v) is 42.6. The van der Waals surface area contributed by atoms with Crippen molar-refractivity contribution in [3.63, 3.8) is 0 Å². The summed E-state index contributed by atoms with van der Waals surface area (Å²) in [6, 6.07) is 129. The molecule has 0 aliphatic rings. The molecule has 24 aromatic carbocycles. The second-order valence-electron chi connectivity index (χ2n) is 36.0. The summed E-state index contributed by atoms with van der Waals surface area (Å²) in [4.78, 5) is 43.8. The van der Waals surface area contributed by atoms with Gasteiger partial charge in [0.2, 0.25) is 0 Å². The van der Waals surface area contributed by atoms with Crippen LogP contribution in [0.5, 0.6) is 0 Å². The van der Waals surface area contributed by atoms with Crippen molar-refractivity contribution in [2.75, 3.05) is 0 Å². The van der Waals surface area contributed by atoms with Gasteiger partial charge in [0.25, 0.3) is 0 Å². The van der Waals surface area contributed by atoms with E-state index in [1.807, 2.05) is 115 Å². The van der Waals surface area contributed by atoms with Gasteiger partial charge in [-0.3, -0.25) is 0 Å². The number of fused-ring (bicyclic) bond motifs is 24. The van der Waals surface area contributed by atoms with Crippen LogP contribution in [0.2, 0.25) is 0 Å². The van der Waals surface area contributed by atoms with E-state index in [1.165, 1.54) is 120 Å². The predicted octanol–water partition coefficient (Wildman–Crippen LogP) is 34.1. The first-order valence-electron chi connectivity index (χ1n) is 56.0. The SMILES string of the molecule is [2H]c1c([2H])c([2H])c(-c2nc(-c3c([2H])c([2H])c([2H])c([2H])c3[2H])nc(-c3c([2H])c([2H])c([2H])c4c3[se]c3c(-c5ccc6ccc7c8ccccc8ccc7c6c5)c([2H])c([2H])c([2H])c34)n2)c([2H])c1[2H].c1ccc(-c2nc(-c3ccc(-c4ccc5ccc6c7ccccc7ccc6c5c4)cc3)nc(-c3cccc4c3[se]c3ccccc34)n2)cc1.c1ccc(-c2nc(-c3ccccc3)nc(-c3cccc4[se]c5c(-c6ccc7ccc8c9ccccc9ccc8c7c6)cccc5c34)n2)cc1. The molecule has 0 aliphatic heterocycles. The Hall–Kier alpha value is -17.8. The van der Waals surface area contributed by atoms with Crippen LogP contribution in [0.25, 0.3) is 291 Å². The van der Waals surface area contributed by atoms with E-state index in [2.05, 4.69) is 294 Å². The summed E-state index contributed by atoms with van der Waals surface area (Å²) in [5, 5.41) is 26.5. The Balaban J connectivity index is 0.000000116. The van der Waals surface area contributed by atoms with Gasteiger partial charge in [0.05, 0.1) is 0 Å². The standard InChI is InChI=1S/3C45H27N3Se/c1-3-12-30(13-4-1)43-46-44(31-14-5-2-6-15-31)48-45(47-43)38-19-10-20-40-41(38)37-18-9-17-34(42(37)49-40)32-22-21-29-24-25-35-33-16-8-7-11-28(33)23-26-36(35)39(29)27-32;1-3-12-30(13-4-1)43-46-44(31-14-5-2-6-15-31)48-45(47-43)39-20-10-19-38-37-18-9-17-34(41(37)49-42(38)39)32-22-21-29-24-25-35-33-16-8-7-11-28(33)23-26-36(35)40(29)27-32;1-2-10-31(11-3-1)43-46-44(48-45(47-43)39-15-8-14-38-37-13-6-7-16-41(37)49-42(38)39)32-20-17-28(18-21-32)33-22-19-30-24-25-35-34-12-5-4-9-29(34)23-26-36(35)40(30)27-33/h3*1-27H/i;1D,2D,3D,4D,5D,6D,9D,10D,12D,13D,14D,15D,17D,18D,19D,20D;. The van der Waals surface area contributed by atoms with Gasteiger partial charge in [-0.25, -0.2) is 0 Å². The van der Waals surface area contributed by atoms with Crippen LogP contribution in [0.1, 0.15) is 21.9 Å². The van der Waals surface area contributed by atoms with Gasteiger partial charge >= 0.3 is 817 Å². The monoisotopic (exact) mass is 2080 g/mol. The third-order valence-corrected chi connectivity index (χ3v) is 35.2. The third kappa shape index (κ3) is 15.8. The summed E-state index contributed by atoms with van der Waals surface area (Å²) in [5.41, 5.74) is 10.6. The molecule has 0 saturated carbocycles. The van der Waals surface area contributed by atoms with Gasteiger partial charge in [0.1, 0.15) is 0 Å². The molecule has 0 bridgehead atoms. The van der Waals surface area contributed by atoms with Crippen molar-refractivity contribution in [2.45, 2.75) is 0 Å². The van der Waals surface area contributed by atoms with Gasteiger partial charge in [-0.1, -0.05) is 48.5 Å². The van der Waals surface area contributed by atoms with Crippen molar-refractivity contribution < 1.29 is 21.9 Å². The van der Waals surface area contributed by atoms with Crippen molar-refractivity contribution in [1.29, 1.82) is 0 Å². The molecule has 0 fully saturated rings. The molecule has 0 aliphatic carbocycles. The molecule has 0 saturated heterocycles. The Bertz CT molecular complexity index is 11400. The summed E-state index contributed by atoms with van der Waals surface area (Å²) in [6.45, 7) is 0. The average molecular weight is 2080 g/mol. The fourth-order valence-corrected chi connectivity index (χ4v) is 28.2. The van der Waals surface area contributed by atoms with E-state index in [4.69, 9.17) is 46.4 Å². The van der Waals surface area contributed by atoms with E-state index in [9.17, 15) is 5.48 Å². The molecule has 0 radical (unpaired) electrons. The molecule has 0 atom stereocenters. The molecule has 30 aromatic rings. The van der Waals surface area contributed by atoms with Gasteiger partial charge in [0.15, 0.2) is 0 Å². The number of aromatic nitrogens is 9. The molecule has 0 N–H and O–H groups in total. The minimum atomic E-state index is -1.00. The number of nitrogens with zero attached hydrogens (tertiary/aromatic N) is 9. The number of hydrogen-bond acceptors (Lipinski definition) is 9. The fourth-order valence-electron chi connectivity index (χ4n) is 20.5. The van der Waals surface area contributed by atoms with E-state index in [0.717, 1.165) is 71.3 Å². The van der Waals surface area contributed by atoms with E-state index < -0.39 is 128 Å². The Kier molecular flexibility index (Phi) is 18.0. The van der Waals surface area contributed by atoms with E-state index in [0.29, 0.717) is 50.3 Å². The van der Waals surface area contributed by atoms with E-state index in [1.54, 1.807) is 0 Å². The molecule has 9 nitrogen and oxygen atoms in total. The summed E-state index contributed by atoms with van der Waals surface area (Å²) >= 11 is -0.695. The Morgan fingerprint density at radius 1 is 0.143 bits per heavy atom. The van der Waals surface area contributed by atoms with Gasteiger partial charge in [-0.15, -0.1) is 0 Å². The van der Waals surface area contributed by atoms with Crippen LogP contribution in [0.3, 0.4) is 0 Å². The van der Waals surface area contributed by atoms with Crippen LogP contribution < -0.4 is 0 Å². The molecule has 30 rings (SSSR count). The molecule has 684 valence electrons. The van der Waals surface area contributed by atoms with Crippen molar-refractivity contribution in [3.8, 4) is 136 Å².